The summed E-state index contributed by atoms with van der Waals surface area (Å²) in [6.07, 6.45) is 0.605. The van der Waals surface area contributed by atoms with Crippen LogP contribution in [0.3, 0.4) is 0 Å². The fraction of sp³-hybridized carbons (Fsp3) is 0.448. The molecule has 1 fully saturated rings. The number of benzene rings is 1. The molecule has 2 atom stereocenters. The number of rotatable bonds is 9. The largest absolute Gasteiger partial charge is 0.481 e. The van der Waals surface area contributed by atoms with Crippen molar-refractivity contribution in [1.29, 1.82) is 0 Å². The van der Waals surface area contributed by atoms with Gasteiger partial charge in [-0.05, 0) is 66.6 Å². The normalized spacial score (nSPS) is 20.2. The Morgan fingerprint density at radius 1 is 1.18 bits per heavy atom. The van der Waals surface area contributed by atoms with E-state index in [0.29, 0.717) is 18.7 Å². The maximum absolute atomic E-state index is 13.8. The van der Waals surface area contributed by atoms with Crippen LogP contribution in [0.1, 0.15) is 62.4 Å². The molecule has 2 aliphatic heterocycles. The van der Waals surface area contributed by atoms with Crippen LogP contribution in [0.25, 0.3) is 5.57 Å². The maximum Gasteiger partial charge on any atom is 0.416 e. The predicted octanol–water partition coefficient (Wildman–Crippen LogP) is 5.15. The molecule has 1 aromatic carbocycles. The van der Waals surface area contributed by atoms with E-state index in [1.54, 1.807) is 18.2 Å². The number of hydrogen-bond acceptors (Lipinski definition) is 5. The Hall–Kier alpha value is -3.53. The number of carbonyl (C=O) groups is 2. The third-order valence-electron chi connectivity index (χ3n) is 7.13. The first kappa shape index (κ1) is 28.5. The van der Waals surface area contributed by atoms with Gasteiger partial charge in [0.2, 0.25) is 0 Å². The third kappa shape index (κ3) is 7.32. The lowest BCUT2D eigenvalue weighted by atomic mass is 9.84. The average Bonchev–Trinajstić information content (AvgIpc) is 3.32. The molecule has 7 nitrogen and oxygen atoms in total. The number of carbonyl (C=O) groups excluding carboxylic acids is 1. The number of halogens is 3. The summed E-state index contributed by atoms with van der Waals surface area (Å²) < 4.78 is 41.5. The smallest absolute Gasteiger partial charge is 0.416 e. The lowest BCUT2D eigenvalue weighted by Crippen LogP contribution is -2.45. The summed E-state index contributed by atoms with van der Waals surface area (Å²) in [5.41, 5.74) is -0.191. The summed E-state index contributed by atoms with van der Waals surface area (Å²) in [4.78, 5) is 35.9. The van der Waals surface area contributed by atoms with Crippen LogP contribution in [-0.2, 0) is 15.8 Å². The number of nitrogens with zero attached hydrogens (tertiary/aromatic N) is 3. The van der Waals surface area contributed by atoms with E-state index in [1.807, 2.05) is 0 Å². The molecule has 2 aliphatic rings. The van der Waals surface area contributed by atoms with Gasteiger partial charge in [-0.15, -0.1) is 0 Å². The Morgan fingerprint density at radius 3 is 2.59 bits per heavy atom. The van der Waals surface area contributed by atoms with Gasteiger partial charge in [0.1, 0.15) is 11.8 Å². The van der Waals surface area contributed by atoms with Crippen molar-refractivity contribution in [2.45, 2.75) is 57.8 Å². The van der Waals surface area contributed by atoms with E-state index in [0.717, 1.165) is 32.0 Å². The quantitative estimate of drug-likeness (QED) is 0.457. The van der Waals surface area contributed by atoms with Crippen molar-refractivity contribution in [3.8, 4) is 0 Å². The SMILES string of the molecule is CC1(C)CCCN(CC[C@@H](CC(=O)O)NC(=O)C2=NC(c3ccccn3)C(c3ccccc3C(F)(F)F)=C2)C1. The molecule has 1 amide bonds. The lowest BCUT2D eigenvalue weighted by Gasteiger charge is -2.38. The Bertz CT molecular complexity index is 1260. The number of carboxylic acids is 1. The minimum atomic E-state index is -4.60. The van der Waals surface area contributed by atoms with Gasteiger partial charge in [-0.2, -0.15) is 13.2 Å². The molecule has 2 aromatic rings. The summed E-state index contributed by atoms with van der Waals surface area (Å²) in [5.74, 6) is -1.67. The molecule has 0 saturated carbocycles. The zero-order valence-electron chi connectivity index (χ0n) is 22.0. The van der Waals surface area contributed by atoms with Crippen LogP contribution in [0.4, 0.5) is 13.2 Å². The Balaban J connectivity index is 1.58. The van der Waals surface area contributed by atoms with Gasteiger partial charge in [0.25, 0.3) is 5.91 Å². The van der Waals surface area contributed by atoms with Crippen LogP contribution in [0.15, 0.2) is 59.7 Å². The van der Waals surface area contributed by atoms with Crippen molar-refractivity contribution in [2.75, 3.05) is 19.6 Å². The summed E-state index contributed by atoms with van der Waals surface area (Å²) in [6.45, 7) is 6.84. The Morgan fingerprint density at radius 2 is 1.92 bits per heavy atom. The summed E-state index contributed by atoms with van der Waals surface area (Å²) in [5, 5.41) is 12.2. The van der Waals surface area contributed by atoms with Crippen molar-refractivity contribution in [3.05, 3.63) is 71.6 Å². The first-order valence-electron chi connectivity index (χ1n) is 13.0. The number of piperidine rings is 1. The number of alkyl halides is 3. The standard InChI is InChI=1S/C29H33F3N4O3/c1-28(2)12-7-14-36(18-28)15-11-19(16-25(37)38)34-27(39)24-17-21(26(35-24)23-10-5-6-13-33-23)20-8-3-4-9-22(20)29(30,31)32/h3-6,8-10,13,17,19,26H,7,11-12,14-16,18H2,1-2H3,(H,34,39)(H,37,38)/t19-,26?/m0/s1. The van der Waals surface area contributed by atoms with Crippen molar-refractivity contribution >= 4 is 23.2 Å². The third-order valence-corrected chi connectivity index (χ3v) is 7.13. The molecule has 0 bridgehead atoms. The minimum Gasteiger partial charge on any atom is -0.481 e. The van der Waals surface area contributed by atoms with Crippen LogP contribution in [0.5, 0.6) is 0 Å². The molecule has 208 valence electrons. The van der Waals surface area contributed by atoms with E-state index in [2.05, 4.69) is 34.0 Å². The van der Waals surface area contributed by atoms with Crippen molar-refractivity contribution in [1.82, 2.24) is 15.2 Å². The van der Waals surface area contributed by atoms with E-state index in [-0.39, 0.29) is 28.7 Å². The zero-order valence-corrected chi connectivity index (χ0v) is 22.0. The zero-order chi connectivity index (χ0) is 28.2. The molecular weight excluding hydrogens is 509 g/mol. The van der Waals surface area contributed by atoms with Crippen molar-refractivity contribution in [2.24, 2.45) is 10.4 Å². The molecular formula is C29H33F3N4O3. The molecule has 1 aromatic heterocycles. The number of aliphatic imine (C=N–C) groups is 1. The van der Waals surface area contributed by atoms with Crippen LogP contribution in [0.2, 0.25) is 0 Å². The molecule has 0 radical (unpaired) electrons. The molecule has 39 heavy (non-hydrogen) atoms. The monoisotopic (exact) mass is 542 g/mol. The topological polar surface area (TPSA) is 94.9 Å². The molecule has 4 rings (SSSR count). The molecule has 1 unspecified atom stereocenters. The number of nitrogens with one attached hydrogen (secondary N) is 1. The second-order valence-corrected chi connectivity index (χ2v) is 10.9. The number of aromatic nitrogens is 1. The highest BCUT2D eigenvalue weighted by Crippen LogP contribution is 2.42. The highest BCUT2D eigenvalue weighted by molar-refractivity contribution is 6.45. The Kier molecular flexibility index (Phi) is 8.54. The second-order valence-electron chi connectivity index (χ2n) is 10.9. The fourth-order valence-electron chi connectivity index (χ4n) is 5.34. The summed E-state index contributed by atoms with van der Waals surface area (Å²) in [6, 6.07) is 8.63. The molecule has 3 heterocycles. The van der Waals surface area contributed by atoms with E-state index < -0.39 is 35.7 Å². The van der Waals surface area contributed by atoms with Gasteiger partial charge in [0.15, 0.2) is 0 Å². The molecule has 10 heteroatoms. The highest BCUT2D eigenvalue weighted by Gasteiger charge is 2.37. The number of aliphatic carboxylic acids is 1. The van der Waals surface area contributed by atoms with Gasteiger partial charge in [-0.25, -0.2) is 0 Å². The molecule has 0 spiro atoms. The predicted molar refractivity (Wildman–Crippen MR) is 142 cm³/mol. The van der Waals surface area contributed by atoms with Gasteiger partial charge < -0.3 is 15.3 Å². The van der Waals surface area contributed by atoms with Crippen LogP contribution >= 0.6 is 0 Å². The van der Waals surface area contributed by atoms with Crippen molar-refractivity contribution in [3.63, 3.8) is 0 Å². The highest BCUT2D eigenvalue weighted by atomic mass is 19.4. The second kappa shape index (κ2) is 11.7. The lowest BCUT2D eigenvalue weighted by molar-refractivity contribution is -0.138. The number of likely N-dealkylation sites (tertiary alicyclic amines) is 1. The molecule has 0 aliphatic carbocycles. The number of amides is 1. The molecule has 2 N–H and O–H groups in total. The minimum absolute atomic E-state index is 0.0628. The van der Waals surface area contributed by atoms with Crippen LogP contribution in [0, 0.1) is 5.41 Å². The number of hydrogen-bond donors (Lipinski definition) is 2. The van der Waals surface area contributed by atoms with Gasteiger partial charge in [0, 0.05) is 25.3 Å². The first-order chi connectivity index (χ1) is 18.4. The van der Waals surface area contributed by atoms with E-state index in [1.165, 1.54) is 30.5 Å². The van der Waals surface area contributed by atoms with Crippen LogP contribution in [-0.4, -0.2) is 58.3 Å². The van der Waals surface area contributed by atoms with Crippen molar-refractivity contribution < 1.29 is 27.9 Å². The van der Waals surface area contributed by atoms with Gasteiger partial charge in [-0.1, -0.05) is 38.1 Å². The van der Waals surface area contributed by atoms with E-state index >= 15 is 0 Å². The van der Waals surface area contributed by atoms with Gasteiger partial charge in [0.05, 0.1) is 17.7 Å². The fourth-order valence-corrected chi connectivity index (χ4v) is 5.34. The Labute approximate surface area is 225 Å². The maximum atomic E-state index is 13.8. The average molecular weight is 543 g/mol. The summed E-state index contributed by atoms with van der Waals surface area (Å²) in [7, 11) is 0. The number of pyridine rings is 1. The summed E-state index contributed by atoms with van der Waals surface area (Å²) >= 11 is 0. The van der Waals surface area contributed by atoms with Gasteiger partial charge >= 0.3 is 12.1 Å². The van der Waals surface area contributed by atoms with E-state index in [4.69, 9.17) is 0 Å². The van der Waals surface area contributed by atoms with Crippen LogP contribution < -0.4 is 5.32 Å². The molecule has 1 saturated heterocycles. The van der Waals surface area contributed by atoms with Gasteiger partial charge in [-0.3, -0.25) is 19.6 Å². The van der Waals surface area contributed by atoms with E-state index in [9.17, 15) is 27.9 Å². The first-order valence-corrected chi connectivity index (χ1v) is 13.0. The number of carboxylic acid groups (broad SMARTS) is 1.